The van der Waals surface area contributed by atoms with Gasteiger partial charge in [-0.3, -0.25) is 39.0 Å². The van der Waals surface area contributed by atoms with Crippen LogP contribution < -0.4 is 20.3 Å². The summed E-state index contributed by atoms with van der Waals surface area (Å²) >= 11 is 6.54. The summed E-state index contributed by atoms with van der Waals surface area (Å²) in [5.41, 5.74) is -0.757. The van der Waals surface area contributed by atoms with Crippen molar-refractivity contribution in [3.8, 4) is 22.6 Å². The molecule has 0 bridgehead atoms. The lowest BCUT2D eigenvalue weighted by molar-refractivity contribution is -0.136. The zero-order chi connectivity index (χ0) is 43.5. The number of likely N-dealkylation sites (N-methyl/N-ethyl adjacent to an activating group) is 1. The van der Waals surface area contributed by atoms with Crippen LogP contribution in [0.2, 0.25) is 5.02 Å². The van der Waals surface area contributed by atoms with Gasteiger partial charge in [-0.2, -0.15) is 4.98 Å². The first-order valence-electron chi connectivity index (χ1n) is 19.5. The highest BCUT2D eigenvalue weighted by Crippen LogP contribution is 2.42. The number of rotatable bonds is 14. The van der Waals surface area contributed by atoms with Gasteiger partial charge in [0, 0.05) is 77.0 Å². The number of phenolic OH excluding ortho intramolecular Hbond substituents is 1. The van der Waals surface area contributed by atoms with E-state index in [0.717, 1.165) is 11.0 Å². The number of ether oxygens (including phenoxy) is 2. The van der Waals surface area contributed by atoms with Crippen LogP contribution in [-0.2, 0) is 23.9 Å². The van der Waals surface area contributed by atoms with Crippen LogP contribution in [0.15, 0.2) is 42.5 Å². The minimum atomic E-state index is -1.07. The Balaban J connectivity index is 0.924. The predicted octanol–water partition coefficient (Wildman–Crippen LogP) is 3.36. The van der Waals surface area contributed by atoms with E-state index in [1.54, 1.807) is 11.9 Å². The number of halogens is 3. The number of carbonyl (C=O) groups is 6. The van der Waals surface area contributed by atoms with Crippen molar-refractivity contribution >= 4 is 69.7 Å². The van der Waals surface area contributed by atoms with E-state index in [4.69, 9.17) is 21.1 Å². The van der Waals surface area contributed by atoms with Crippen molar-refractivity contribution in [1.29, 1.82) is 0 Å². The molecule has 4 heterocycles. The lowest BCUT2D eigenvalue weighted by Crippen LogP contribution is -2.54. The molecule has 1 atom stereocenters. The maximum atomic E-state index is 16.4. The van der Waals surface area contributed by atoms with E-state index in [1.165, 1.54) is 48.2 Å². The first-order chi connectivity index (χ1) is 29.2. The zero-order valence-corrected chi connectivity index (χ0v) is 33.9. The molecule has 3 N–H and O–H groups in total. The number of carbonyl (C=O) groups excluding carboxylic acids is 6. The van der Waals surface area contributed by atoms with Gasteiger partial charge in [-0.1, -0.05) is 17.7 Å². The topological polar surface area (TPSA) is 204 Å². The molecule has 7 rings (SSSR count). The molecule has 17 nitrogen and oxygen atoms in total. The number of aromatic nitrogens is 2. The van der Waals surface area contributed by atoms with E-state index in [1.807, 2.05) is 4.90 Å². The molecule has 2 fully saturated rings. The second-order valence-electron chi connectivity index (χ2n) is 14.5. The van der Waals surface area contributed by atoms with Gasteiger partial charge in [0.15, 0.2) is 5.82 Å². The van der Waals surface area contributed by atoms with Gasteiger partial charge in [0.1, 0.15) is 41.3 Å². The summed E-state index contributed by atoms with van der Waals surface area (Å²) in [5, 5.41) is 15.7. The minimum Gasteiger partial charge on any atom is -0.507 e. The van der Waals surface area contributed by atoms with Gasteiger partial charge in [0.05, 0.1) is 34.9 Å². The normalized spacial score (nSPS) is 16.5. The van der Waals surface area contributed by atoms with E-state index in [9.17, 15) is 38.3 Å². The summed E-state index contributed by atoms with van der Waals surface area (Å²) in [7, 11) is 1.60. The number of imide groups is 2. The SMILES string of the molecule is CC(=O)N1CCN(c2nc(NCCC(=O)N(C)CCOCCOc3ccc4c(c3)C(=O)N(C3CCC(=O)NC3=O)C4=O)nc3c(F)c(-c4c(O)cccc4F)c(Cl)cc23)CC1. The average molecular weight is 863 g/mol. The van der Waals surface area contributed by atoms with Crippen molar-refractivity contribution in [3.05, 3.63) is 70.2 Å². The Hall–Kier alpha value is -6.47. The number of piperazine rings is 1. The van der Waals surface area contributed by atoms with E-state index >= 15 is 4.39 Å². The van der Waals surface area contributed by atoms with Crippen LogP contribution in [0.5, 0.6) is 11.5 Å². The van der Waals surface area contributed by atoms with Gasteiger partial charge < -0.3 is 34.6 Å². The molecule has 1 unspecified atom stereocenters. The fraction of sp³-hybridized carbons (Fsp3) is 0.366. The number of fused-ring (bicyclic) bond motifs is 2. The van der Waals surface area contributed by atoms with Crippen molar-refractivity contribution in [3.63, 3.8) is 0 Å². The summed E-state index contributed by atoms with van der Waals surface area (Å²) < 4.78 is 42.7. The highest BCUT2D eigenvalue weighted by atomic mass is 35.5. The lowest BCUT2D eigenvalue weighted by Gasteiger charge is -2.35. The number of benzene rings is 3. The van der Waals surface area contributed by atoms with E-state index < -0.39 is 52.6 Å². The molecule has 6 amide bonds. The molecular weight excluding hydrogens is 822 g/mol. The molecule has 1 aromatic heterocycles. The summed E-state index contributed by atoms with van der Waals surface area (Å²) in [6.45, 7) is 3.74. The minimum absolute atomic E-state index is 0.00556. The standard InChI is InChI=1S/C41H41ClF2N8O9/c1-22(53)50-12-14-51(15-13-50)37-26-21-27(42)33(34-28(43)4-3-5-30(34)54)35(44)36(26)47-41(48-37)45-11-10-32(56)49(2)16-17-60-18-19-61-23-6-7-24-25(20-23)40(59)52(39(24)58)29-8-9-31(55)46-38(29)57/h3-7,20-21,29,54H,8-19H2,1-2H3,(H,45,47,48)(H,46,55,57). The lowest BCUT2D eigenvalue weighted by atomic mass is 10.0. The Morgan fingerprint density at radius 2 is 1.74 bits per heavy atom. The third kappa shape index (κ3) is 8.88. The summed E-state index contributed by atoms with van der Waals surface area (Å²) in [6.07, 6.45) is 0.0705. The predicted molar refractivity (Wildman–Crippen MR) is 216 cm³/mol. The fourth-order valence-corrected chi connectivity index (χ4v) is 7.67. The number of hydrogen-bond acceptors (Lipinski definition) is 13. The summed E-state index contributed by atoms with van der Waals surface area (Å²) in [4.78, 5) is 89.7. The highest BCUT2D eigenvalue weighted by molar-refractivity contribution is 6.34. The van der Waals surface area contributed by atoms with Gasteiger partial charge in [-0.15, -0.1) is 0 Å². The van der Waals surface area contributed by atoms with Gasteiger partial charge >= 0.3 is 0 Å². The van der Waals surface area contributed by atoms with Crippen LogP contribution >= 0.6 is 11.6 Å². The van der Waals surface area contributed by atoms with Crippen LogP contribution in [0.3, 0.4) is 0 Å². The van der Waals surface area contributed by atoms with Crippen LogP contribution in [0.25, 0.3) is 22.0 Å². The number of anilines is 2. The third-order valence-electron chi connectivity index (χ3n) is 10.7. The van der Waals surface area contributed by atoms with E-state index in [0.29, 0.717) is 37.7 Å². The molecule has 4 aromatic rings. The zero-order valence-electron chi connectivity index (χ0n) is 33.1. The molecule has 3 aliphatic rings. The van der Waals surface area contributed by atoms with Crippen LogP contribution in [0.4, 0.5) is 20.5 Å². The second-order valence-corrected chi connectivity index (χ2v) is 15.0. The smallest absolute Gasteiger partial charge is 0.262 e. The monoisotopic (exact) mass is 862 g/mol. The van der Waals surface area contributed by atoms with Crippen molar-refractivity contribution < 1.29 is 52.1 Å². The number of nitrogens with one attached hydrogen (secondary N) is 2. The molecule has 20 heteroatoms. The fourth-order valence-electron chi connectivity index (χ4n) is 7.38. The maximum absolute atomic E-state index is 16.4. The summed E-state index contributed by atoms with van der Waals surface area (Å²) in [6, 6.07) is 8.31. The molecule has 2 saturated heterocycles. The molecule has 0 saturated carbocycles. The Labute approximate surface area is 352 Å². The Morgan fingerprint density at radius 3 is 2.46 bits per heavy atom. The number of aromatic hydroxyl groups is 1. The average Bonchev–Trinajstić information content (AvgIpc) is 3.47. The van der Waals surface area contributed by atoms with Crippen molar-refractivity contribution in [2.24, 2.45) is 0 Å². The number of piperidine rings is 1. The molecule has 61 heavy (non-hydrogen) atoms. The number of nitrogens with zero attached hydrogens (tertiary/aromatic N) is 6. The Morgan fingerprint density at radius 1 is 0.984 bits per heavy atom. The quantitative estimate of drug-likeness (QED) is 0.123. The van der Waals surface area contributed by atoms with Crippen LogP contribution in [0.1, 0.15) is 46.9 Å². The Bertz CT molecular complexity index is 2430. The largest absolute Gasteiger partial charge is 0.507 e. The first kappa shape index (κ1) is 42.6. The van der Waals surface area contributed by atoms with Crippen molar-refractivity contribution in [2.75, 3.05) is 76.4 Å². The second kappa shape index (κ2) is 18.0. The highest BCUT2D eigenvalue weighted by Gasteiger charge is 2.44. The van der Waals surface area contributed by atoms with E-state index in [2.05, 4.69) is 20.6 Å². The molecule has 320 valence electrons. The van der Waals surface area contributed by atoms with Gasteiger partial charge in [0.2, 0.25) is 29.6 Å². The number of hydrogen-bond donors (Lipinski definition) is 3. The van der Waals surface area contributed by atoms with Crippen molar-refractivity contribution in [1.82, 2.24) is 30.0 Å². The first-order valence-corrected chi connectivity index (χ1v) is 19.8. The number of phenols is 1. The molecule has 0 spiro atoms. The molecular formula is C41H41ClF2N8O9. The third-order valence-corrected chi connectivity index (χ3v) is 11.0. The summed E-state index contributed by atoms with van der Waals surface area (Å²) in [5.74, 6) is -4.49. The molecule has 0 radical (unpaired) electrons. The molecule has 3 aromatic carbocycles. The molecule has 0 aliphatic carbocycles. The number of amides is 6. The Kier molecular flexibility index (Phi) is 12.6. The van der Waals surface area contributed by atoms with Crippen molar-refractivity contribution in [2.45, 2.75) is 32.2 Å². The van der Waals surface area contributed by atoms with Gasteiger partial charge in [0.25, 0.3) is 11.8 Å². The maximum Gasteiger partial charge on any atom is 0.262 e. The van der Waals surface area contributed by atoms with Crippen LogP contribution in [-0.4, -0.2) is 137 Å². The van der Waals surface area contributed by atoms with Crippen LogP contribution in [0, 0.1) is 11.6 Å². The van der Waals surface area contributed by atoms with Gasteiger partial charge in [-0.25, -0.2) is 13.8 Å². The molecule has 3 aliphatic heterocycles. The van der Waals surface area contributed by atoms with Gasteiger partial charge in [-0.05, 0) is 42.8 Å². The van der Waals surface area contributed by atoms with E-state index in [-0.39, 0.29) is 103 Å².